The van der Waals surface area contributed by atoms with E-state index in [1.807, 2.05) is 18.2 Å². The predicted octanol–water partition coefficient (Wildman–Crippen LogP) is 6.08. The van der Waals surface area contributed by atoms with Crippen molar-refractivity contribution in [1.29, 1.82) is 0 Å². The van der Waals surface area contributed by atoms with Gasteiger partial charge in [0.2, 0.25) is 5.91 Å². The lowest BCUT2D eigenvalue weighted by atomic mass is 10.0. The first kappa shape index (κ1) is 26.3. The van der Waals surface area contributed by atoms with Crippen LogP contribution in [0.15, 0.2) is 48.5 Å². The number of carbonyl (C=O) groups excluding carboxylic acids is 1. The Morgan fingerprint density at radius 2 is 1.74 bits per heavy atom. The molecule has 3 aromatic rings. The van der Waals surface area contributed by atoms with Crippen LogP contribution in [0.3, 0.4) is 0 Å². The number of nitrogens with zero attached hydrogens (tertiary/aromatic N) is 3. The highest BCUT2D eigenvalue weighted by atomic mass is 19.4. The molecule has 0 bridgehead atoms. The number of halogens is 3. The van der Waals surface area contributed by atoms with Crippen LogP contribution in [0.25, 0.3) is 10.9 Å². The number of aromatic nitrogens is 1. The van der Waals surface area contributed by atoms with Crippen LogP contribution in [-0.2, 0) is 11.2 Å². The second kappa shape index (κ2) is 11.2. The van der Waals surface area contributed by atoms with Gasteiger partial charge >= 0.3 is 6.36 Å². The first-order chi connectivity index (χ1) is 18.2. The Balaban J connectivity index is 1.17. The molecule has 0 spiro atoms. The van der Waals surface area contributed by atoms with Crippen LogP contribution in [-0.4, -0.2) is 54.4 Å². The minimum Gasteiger partial charge on any atom is -0.406 e. The van der Waals surface area contributed by atoms with E-state index in [2.05, 4.69) is 32.8 Å². The molecule has 5 rings (SSSR count). The summed E-state index contributed by atoms with van der Waals surface area (Å²) in [6, 6.07) is 14.2. The number of fused-ring (bicyclic) bond motifs is 1. The first-order valence-electron chi connectivity index (χ1n) is 13.3. The summed E-state index contributed by atoms with van der Waals surface area (Å²) in [4.78, 5) is 22.5. The van der Waals surface area contributed by atoms with Crippen LogP contribution in [0.2, 0.25) is 0 Å². The number of benzene rings is 2. The molecule has 0 radical (unpaired) electrons. The first-order valence-corrected chi connectivity index (χ1v) is 13.3. The fourth-order valence-corrected chi connectivity index (χ4v) is 5.52. The molecule has 1 aromatic heterocycles. The van der Waals surface area contributed by atoms with Crippen molar-refractivity contribution in [3.8, 4) is 5.75 Å². The second-order valence-corrected chi connectivity index (χ2v) is 10.2. The van der Waals surface area contributed by atoms with Crippen molar-refractivity contribution in [2.45, 2.75) is 57.9 Å². The van der Waals surface area contributed by atoms with Crippen LogP contribution in [0, 0.1) is 6.92 Å². The third kappa shape index (κ3) is 6.56. The summed E-state index contributed by atoms with van der Waals surface area (Å²) < 4.78 is 40.8. The molecule has 2 aromatic carbocycles. The largest absolute Gasteiger partial charge is 0.573 e. The molecular formula is C29H33F3N4O2. The quantitative estimate of drug-likeness (QED) is 0.405. The molecule has 2 saturated heterocycles. The minimum absolute atomic E-state index is 0.164. The molecule has 1 N–H and O–H groups in total. The van der Waals surface area contributed by atoms with Gasteiger partial charge in [0.25, 0.3) is 0 Å². The lowest BCUT2D eigenvalue weighted by molar-refractivity contribution is -0.274. The monoisotopic (exact) mass is 526 g/mol. The number of hydrogen-bond donors (Lipinski definition) is 1. The molecule has 2 aliphatic heterocycles. The number of alkyl halides is 3. The predicted molar refractivity (Wildman–Crippen MR) is 143 cm³/mol. The van der Waals surface area contributed by atoms with Crippen LogP contribution in [0.5, 0.6) is 5.75 Å². The Labute approximate surface area is 220 Å². The molecule has 3 heterocycles. The van der Waals surface area contributed by atoms with Crippen molar-refractivity contribution in [2.75, 3.05) is 36.4 Å². The Morgan fingerprint density at radius 3 is 2.42 bits per heavy atom. The minimum atomic E-state index is -4.72. The molecule has 202 valence electrons. The van der Waals surface area contributed by atoms with Crippen molar-refractivity contribution >= 4 is 28.3 Å². The number of carbonyl (C=O) groups is 1. The molecule has 1 amide bonds. The summed E-state index contributed by atoms with van der Waals surface area (Å²) in [5, 5.41) is 3.93. The number of piperidine rings is 1. The number of likely N-dealkylation sites (tertiary alicyclic amines) is 1. The fourth-order valence-electron chi connectivity index (χ4n) is 5.52. The number of rotatable bonds is 7. The topological polar surface area (TPSA) is 57.7 Å². The summed E-state index contributed by atoms with van der Waals surface area (Å²) in [6.45, 7) is 6.59. The van der Waals surface area contributed by atoms with Crippen LogP contribution in [0.4, 0.5) is 24.7 Å². The van der Waals surface area contributed by atoms with E-state index in [0.29, 0.717) is 18.2 Å². The Kier molecular flexibility index (Phi) is 7.74. The highest BCUT2D eigenvalue weighted by molar-refractivity contribution is 5.94. The molecular weight excluding hydrogens is 493 g/mol. The van der Waals surface area contributed by atoms with Crippen molar-refractivity contribution in [1.82, 2.24) is 9.88 Å². The van der Waals surface area contributed by atoms with E-state index in [4.69, 9.17) is 4.98 Å². The Hall–Kier alpha value is -3.33. The number of ether oxygens (including phenoxy) is 1. The maximum Gasteiger partial charge on any atom is 0.573 e. The summed E-state index contributed by atoms with van der Waals surface area (Å²) in [7, 11) is 0. The average molecular weight is 527 g/mol. The Morgan fingerprint density at radius 1 is 1.03 bits per heavy atom. The summed E-state index contributed by atoms with van der Waals surface area (Å²) in [6.07, 6.45) is 0.897. The van der Waals surface area contributed by atoms with Gasteiger partial charge in [0, 0.05) is 36.6 Å². The summed E-state index contributed by atoms with van der Waals surface area (Å²) >= 11 is 0. The molecule has 2 aliphatic rings. The molecule has 38 heavy (non-hydrogen) atoms. The number of pyridine rings is 1. The van der Waals surface area contributed by atoms with Gasteiger partial charge in [-0.25, -0.2) is 4.98 Å². The zero-order valence-corrected chi connectivity index (χ0v) is 21.6. The van der Waals surface area contributed by atoms with Crippen molar-refractivity contribution < 1.29 is 22.7 Å². The zero-order chi connectivity index (χ0) is 26.7. The maximum atomic E-state index is 12.5. The SMILES string of the molecule is Cc1cc(N2CCC(N3CCCC3)CC2)nc2ccc(NC(=O)CCc3ccc(OC(F)(F)F)cc3)cc12. The summed E-state index contributed by atoms with van der Waals surface area (Å²) in [5.74, 6) is 0.571. The van der Waals surface area contributed by atoms with Crippen molar-refractivity contribution in [3.63, 3.8) is 0 Å². The second-order valence-electron chi connectivity index (χ2n) is 10.2. The highest BCUT2D eigenvalue weighted by Crippen LogP contribution is 2.29. The molecule has 0 saturated carbocycles. The smallest absolute Gasteiger partial charge is 0.406 e. The van der Waals surface area contributed by atoms with Crippen LogP contribution < -0.4 is 15.0 Å². The number of hydrogen-bond acceptors (Lipinski definition) is 5. The highest BCUT2D eigenvalue weighted by Gasteiger charge is 2.31. The van der Waals surface area contributed by atoms with Gasteiger partial charge < -0.3 is 19.9 Å². The molecule has 0 aliphatic carbocycles. The zero-order valence-electron chi connectivity index (χ0n) is 21.6. The van der Waals surface area contributed by atoms with E-state index in [9.17, 15) is 18.0 Å². The lowest BCUT2D eigenvalue weighted by Crippen LogP contribution is -2.44. The molecule has 0 unspecified atom stereocenters. The third-order valence-electron chi connectivity index (χ3n) is 7.53. The van der Waals surface area contributed by atoms with E-state index in [0.717, 1.165) is 40.9 Å². The maximum absolute atomic E-state index is 12.5. The molecule has 9 heteroatoms. The van der Waals surface area contributed by atoms with Gasteiger partial charge in [0.15, 0.2) is 0 Å². The number of aryl methyl sites for hydroxylation is 2. The number of anilines is 2. The van der Waals surface area contributed by atoms with Gasteiger partial charge in [-0.15, -0.1) is 13.2 Å². The van der Waals surface area contributed by atoms with Gasteiger partial charge in [0.05, 0.1) is 5.52 Å². The van der Waals surface area contributed by atoms with E-state index in [-0.39, 0.29) is 18.1 Å². The standard InChI is InChI=1S/C29H33F3N4O2/c1-20-18-27(36-16-12-23(13-17-36)35-14-2-3-15-35)34-26-10-7-22(19-25(20)26)33-28(37)11-6-21-4-8-24(9-5-21)38-29(30,31)32/h4-5,7-10,18-19,23H,2-3,6,11-17H2,1H3,(H,33,37). The number of nitrogens with one attached hydrogen (secondary N) is 1. The van der Waals surface area contributed by atoms with Gasteiger partial charge in [-0.05, 0) is 99.6 Å². The van der Waals surface area contributed by atoms with Gasteiger partial charge in [-0.2, -0.15) is 0 Å². The van der Waals surface area contributed by atoms with E-state index in [1.165, 1.54) is 63.0 Å². The molecule has 6 nitrogen and oxygen atoms in total. The van der Waals surface area contributed by atoms with E-state index in [1.54, 1.807) is 0 Å². The van der Waals surface area contributed by atoms with Gasteiger partial charge in [-0.1, -0.05) is 12.1 Å². The number of amides is 1. The fraction of sp³-hybridized carbons (Fsp3) is 0.448. The summed E-state index contributed by atoms with van der Waals surface area (Å²) in [5.41, 5.74) is 3.47. The Bertz CT molecular complexity index is 1270. The molecule has 0 atom stereocenters. The van der Waals surface area contributed by atoms with Crippen LogP contribution in [0.1, 0.15) is 43.2 Å². The van der Waals surface area contributed by atoms with Gasteiger partial charge in [-0.3, -0.25) is 4.79 Å². The van der Waals surface area contributed by atoms with Crippen molar-refractivity contribution in [2.24, 2.45) is 0 Å². The van der Waals surface area contributed by atoms with E-state index >= 15 is 0 Å². The normalized spacial score (nSPS) is 17.2. The van der Waals surface area contributed by atoms with Crippen LogP contribution >= 0.6 is 0 Å². The lowest BCUT2D eigenvalue weighted by Gasteiger charge is -2.37. The third-order valence-corrected chi connectivity index (χ3v) is 7.53. The van der Waals surface area contributed by atoms with Gasteiger partial charge in [0.1, 0.15) is 11.6 Å². The molecule has 2 fully saturated rings. The van der Waals surface area contributed by atoms with Crippen molar-refractivity contribution in [3.05, 3.63) is 59.7 Å². The van der Waals surface area contributed by atoms with E-state index < -0.39 is 6.36 Å². The average Bonchev–Trinajstić information content (AvgIpc) is 3.43.